The number of carbonyl (C=O) groups excluding carboxylic acids is 2. The van der Waals surface area contributed by atoms with Crippen LogP contribution in [0.3, 0.4) is 0 Å². The number of benzene rings is 1. The topological polar surface area (TPSA) is 129 Å². The summed E-state index contributed by atoms with van der Waals surface area (Å²) in [5.41, 5.74) is 3.83. The number of aromatic nitrogens is 5. The first-order valence-electron chi connectivity index (χ1n) is 11.4. The van der Waals surface area contributed by atoms with Gasteiger partial charge in [0.25, 0.3) is 11.8 Å². The highest BCUT2D eigenvalue weighted by molar-refractivity contribution is 7.16. The molecule has 178 valence electrons. The second kappa shape index (κ2) is 7.83. The van der Waals surface area contributed by atoms with Gasteiger partial charge in [-0.15, -0.1) is 11.3 Å². The van der Waals surface area contributed by atoms with Gasteiger partial charge >= 0.3 is 0 Å². The van der Waals surface area contributed by atoms with E-state index in [0.717, 1.165) is 15.9 Å². The molecule has 2 aliphatic heterocycles. The predicted molar refractivity (Wildman–Crippen MR) is 135 cm³/mol. The zero-order valence-electron chi connectivity index (χ0n) is 18.9. The van der Waals surface area contributed by atoms with Crippen molar-refractivity contribution in [3.05, 3.63) is 70.9 Å². The van der Waals surface area contributed by atoms with Gasteiger partial charge in [-0.1, -0.05) is 18.2 Å². The molecule has 0 unspecified atom stereocenters. The summed E-state index contributed by atoms with van der Waals surface area (Å²) in [6.45, 7) is 1.63. The van der Waals surface area contributed by atoms with E-state index < -0.39 is 11.8 Å². The number of amides is 2. The van der Waals surface area contributed by atoms with E-state index in [-0.39, 0.29) is 12.2 Å². The van der Waals surface area contributed by atoms with Crippen LogP contribution in [0.1, 0.15) is 22.6 Å². The van der Waals surface area contributed by atoms with Gasteiger partial charge in [-0.25, -0.2) is 15.0 Å². The molecule has 0 spiro atoms. The van der Waals surface area contributed by atoms with Crippen molar-refractivity contribution in [2.75, 3.05) is 11.4 Å². The fourth-order valence-electron chi connectivity index (χ4n) is 5.01. The predicted octanol–water partition coefficient (Wildman–Crippen LogP) is 2.45. The van der Waals surface area contributed by atoms with E-state index in [1.807, 2.05) is 45.2 Å². The van der Waals surface area contributed by atoms with Crippen LogP contribution in [0.2, 0.25) is 0 Å². The first-order valence-corrected chi connectivity index (χ1v) is 12.3. The van der Waals surface area contributed by atoms with Crippen molar-refractivity contribution in [3.8, 4) is 0 Å². The van der Waals surface area contributed by atoms with Crippen LogP contribution in [-0.4, -0.2) is 48.0 Å². The molecular formula is C25H19N7O3S. The van der Waals surface area contributed by atoms with E-state index >= 15 is 0 Å². The van der Waals surface area contributed by atoms with Gasteiger partial charge in [0.2, 0.25) is 5.95 Å². The number of rotatable bonds is 4. The Morgan fingerprint density at radius 2 is 1.89 bits per heavy atom. The molecule has 2 amide bonds. The van der Waals surface area contributed by atoms with Crippen molar-refractivity contribution in [1.82, 2.24) is 29.8 Å². The summed E-state index contributed by atoms with van der Waals surface area (Å²) < 4.78 is 2.02. The van der Waals surface area contributed by atoms with Crippen LogP contribution in [0.5, 0.6) is 0 Å². The van der Waals surface area contributed by atoms with Crippen LogP contribution in [0.15, 0.2) is 48.2 Å². The fraction of sp³-hybridized carbons (Fsp3) is 0.160. The Bertz CT molecular complexity index is 1730. The SMILES string of the molecule is O=C1NC(=O)C(c2c[nH]c3sccc23)=C1c1nc(N2CCn3cnc(CO)c3C2)nc2ccccc12. The highest BCUT2D eigenvalue weighted by Gasteiger charge is 2.36. The molecule has 0 radical (unpaired) electrons. The van der Waals surface area contributed by atoms with Gasteiger partial charge < -0.3 is 19.6 Å². The van der Waals surface area contributed by atoms with Crippen LogP contribution in [0, 0.1) is 0 Å². The Balaban J connectivity index is 1.44. The van der Waals surface area contributed by atoms with Crippen molar-refractivity contribution < 1.29 is 14.7 Å². The lowest BCUT2D eigenvalue weighted by atomic mass is 9.97. The van der Waals surface area contributed by atoms with E-state index in [0.29, 0.717) is 59.0 Å². The molecule has 7 rings (SSSR count). The summed E-state index contributed by atoms with van der Waals surface area (Å²) in [6.07, 6.45) is 3.50. The maximum atomic E-state index is 13.2. The largest absolute Gasteiger partial charge is 0.390 e. The number of carbonyl (C=O) groups is 2. The average molecular weight is 498 g/mol. The van der Waals surface area contributed by atoms with Crippen molar-refractivity contribution in [2.45, 2.75) is 19.7 Å². The Hall–Kier alpha value is -4.35. The van der Waals surface area contributed by atoms with Crippen molar-refractivity contribution >= 4 is 61.4 Å². The minimum atomic E-state index is -0.478. The minimum absolute atomic E-state index is 0.147. The van der Waals surface area contributed by atoms with E-state index in [1.165, 1.54) is 11.3 Å². The molecule has 4 aromatic heterocycles. The van der Waals surface area contributed by atoms with Gasteiger partial charge in [-0.2, -0.15) is 0 Å². The Morgan fingerprint density at radius 3 is 2.78 bits per heavy atom. The molecule has 2 aliphatic rings. The van der Waals surface area contributed by atoms with E-state index in [2.05, 4.69) is 15.3 Å². The summed E-state index contributed by atoms with van der Waals surface area (Å²) in [4.78, 5) is 46.3. The molecule has 0 bridgehead atoms. The lowest BCUT2D eigenvalue weighted by Crippen LogP contribution is -2.35. The van der Waals surface area contributed by atoms with Crippen LogP contribution in [0.4, 0.5) is 5.95 Å². The normalized spacial score (nSPS) is 15.9. The number of aromatic amines is 1. The molecule has 0 saturated heterocycles. The van der Waals surface area contributed by atoms with Crippen LogP contribution in [0.25, 0.3) is 32.3 Å². The molecule has 6 heterocycles. The summed E-state index contributed by atoms with van der Waals surface area (Å²) in [6, 6.07) is 9.42. The van der Waals surface area contributed by atoms with Gasteiger partial charge in [-0.3, -0.25) is 14.9 Å². The first-order chi connectivity index (χ1) is 17.6. The van der Waals surface area contributed by atoms with E-state index in [1.54, 1.807) is 12.5 Å². The van der Waals surface area contributed by atoms with Crippen LogP contribution >= 0.6 is 11.3 Å². The van der Waals surface area contributed by atoms with Gasteiger partial charge in [0.15, 0.2) is 0 Å². The quantitative estimate of drug-likeness (QED) is 0.325. The number of H-pyrrole nitrogens is 1. The standard InChI is InChI=1S/C25H19N7O3S/c33-11-17-18-10-31(6-7-32(18)12-27-17)25-28-16-4-2-1-3-14(16)21(29-25)20-19(22(34)30-23(20)35)15-9-26-24-13(15)5-8-36-24/h1-5,8-9,12,26,33H,6-7,10-11H2,(H,30,34,35). The second-order valence-electron chi connectivity index (χ2n) is 8.70. The molecular weight excluding hydrogens is 478 g/mol. The fourth-order valence-corrected chi connectivity index (χ4v) is 5.78. The molecule has 0 fully saturated rings. The maximum Gasteiger partial charge on any atom is 0.261 e. The third-order valence-electron chi connectivity index (χ3n) is 6.75. The van der Waals surface area contributed by atoms with E-state index in [4.69, 9.17) is 9.97 Å². The lowest BCUT2D eigenvalue weighted by molar-refractivity contribution is -0.122. The van der Waals surface area contributed by atoms with E-state index in [9.17, 15) is 14.7 Å². The number of fused-ring (bicyclic) bond motifs is 3. The molecule has 0 aliphatic carbocycles. The van der Waals surface area contributed by atoms with Crippen molar-refractivity contribution in [2.24, 2.45) is 0 Å². The minimum Gasteiger partial charge on any atom is -0.390 e. The van der Waals surface area contributed by atoms with Gasteiger partial charge in [0, 0.05) is 35.6 Å². The van der Waals surface area contributed by atoms with Gasteiger partial charge in [0.1, 0.15) is 4.83 Å². The highest BCUT2D eigenvalue weighted by Crippen LogP contribution is 2.38. The van der Waals surface area contributed by atoms with Crippen molar-refractivity contribution in [3.63, 3.8) is 0 Å². The number of hydrogen-bond donors (Lipinski definition) is 3. The Kier molecular flexibility index (Phi) is 4.56. The molecule has 1 aromatic carbocycles. The van der Waals surface area contributed by atoms with Gasteiger partial charge in [0.05, 0.1) is 53.2 Å². The number of anilines is 1. The third-order valence-corrected chi connectivity index (χ3v) is 7.59. The Labute approximate surface area is 207 Å². The number of aliphatic hydroxyl groups excluding tert-OH is 1. The summed E-state index contributed by atoms with van der Waals surface area (Å²) in [5.74, 6) is -0.469. The summed E-state index contributed by atoms with van der Waals surface area (Å²) in [5, 5.41) is 15.7. The molecule has 5 aromatic rings. The zero-order chi connectivity index (χ0) is 24.4. The average Bonchev–Trinajstić information content (AvgIpc) is 3.66. The first kappa shape index (κ1) is 21.0. The van der Waals surface area contributed by atoms with Crippen LogP contribution in [-0.2, 0) is 29.3 Å². The van der Waals surface area contributed by atoms with Crippen molar-refractivity contribution in [1.29, 1.82) is 0 Å². The number of imidazole rings is 1. The highest BCUT2D eigenvalue weighted by atomic mass is 32.1. The Morgan fingerprint density at radius 1 is 1.03 bits per heavy atom. The monoisotopic (exact) mass is 497 g/mol. The lowest BCUT2D eigenvalue weighted by Gasteiger charge is -2.29. The zero-order valence-corrected chi connectivity index (χ0v) is 19.7. The number of para-hydroxylation sites is 1. The molecule has 10 nitrogen and oxygen atoms in total. The molecule has 3 N–H and O–H groups in total. The number of nitrogens with zero attached hydrogens (tertiary/aromatic N) is 5. The number of thiophene rings is 1. The second-order valence-corrected chi connectivity index (χ2v) is 9.62. The maximum absolute atomic E-state index is 13.2. The smallest absolute Gasteiger partial charge is 0.261 e. The van der Waals surface area contributed by atoms with Gasteiger partial charge in [-0.05, 0) is 17.5 Å². The molecule has 0 atom stereocenters. The summed E-state index contributed by atoms with van der Waals surface area (Å²) in [7, 11) is 0. The third kappa shape index (κ3) is 3.03. The number of nitrogens with one attached hydrogen (secondary N) is 2. The summed E-state index contributed by atoms with van der Waals surface area (Å²) >= 11 is 1.54. The number of imide groups is 1. The molecule has 0 saturated carbocycles. The number of aliphatic hydroxyl groups is 1. The molecule has 11 heteroatoms. The molecule has 36 heavy (non-hydrogen) atoms. The van der Waals surface area contributed by atoms with Crippen LogP contribution < -0.4 is 10.2 Å². The number of hydrogen-bond acceptors (Lipinski definition) is 8.